The van der Waals surface area contributed by atoms with Crippen LogP contribution in [0.1, 0.15) is 35.2 Å². The zero-order chi connectivity index (χ0) is 10.8. The van der Waals surface area contributed by atoms with Crippen molar-refractivity contribution in [2.24, 2.45) is 0 Å². The molecule has 1 saturated heterocycles. The second-order valence-electron chi connectivity index (χ2n) is 4.36. The van der Waals surface area contributed by atoms with Crippen molar-refractivity contribution < 1.29 is 0 Å². The van der Waals surface area contributed by atoms with Crippen LogP contribution in [0.4, 0.5) is 0 Å². The lowest BCUT2D eigenvalue weighted by Crippen LogP contribution is -2.13. The number of nitrogens with zero attached hydrogens (tertiary/aromatic N) is 2. The molecule has 0 amide bonds. The number of nitrogens with one attached hydrogen (secondary N) is 1. The molecule has 1 fully saturated rings. The van der Waals surface area contributed by atoms with Gasteiger partial charge in [-0.1, -0.05) is 0 Å². The van der Waals surface area contributed by atoms with Crippen LogP contribution < -0.4 is 5.32 Å². The van der Waals surface area contributed by atoms with Crippen LogP contribution in [0.15, 0.2) is 6.20 Å². The number of hydrogen-bond acceptors (Lipinski definition) is 4. The van der Waals surface area contributed by atoms with E-state index in [4.69, 9.17) is 0 Å². The minimum absolute atomic E-state index is 0.426. The fourth-order valence-corrected chi connectivity index (χ4v) is 3.07. The number of likely N-dealkylation sites (tertiary alicyclic amines) is 1. The summed E-state index contributed by atoms with van der Waals surface area (Å²) < 4.78 is 0. The molecule has 0 aromatic carbocycles. The predicted molar refractivity (Wildman–Crippen MR) is 64.4 cm³/mol. The molecule has 0 radical (unpaired) electrons. The van der Waals surface area contributed by atoms with Crippen LogP contribution in [0.25, 0.3) is 0 Å². The van der Waals surface area contributed by atoms with Crippen molar-refractivity contribution >= 4 is 11.3 Å². The lowest BCUT2D eigenvalue weighted by atomic mass is 10.1. The summed E-state index contributed by atoms with van der Waals surface area (Å²) in [5.74, 6) is 0.665. The van der Waals surface area contributed by atoms with E-state index >= 15 is 0 Å². The van der Waals surface area contributed by atoms with Gasteiger partial charge < -0.3 is 10.2 Å². The van der Waals surface area contributed by atoms with Crippen LogP contribution in [-0.4, -0.2) is 37.1 Å². The van der Waals surface area contributed by atoms with Crippen LogP contribution in [0.3, 0.4) is 0 Å². The molecule has 0 spiro atoms. The van der Waals surface area contributed by atoms with Gasteiger partial charge in [0.05, 0.1) is 5.01 Å². The Morgan fingerprint density at radius 3 is 3.07 bits per heavy atom. The number of hydrogen-bond donors (Lipinski definition) is 1. The first-order chi connectivity index (χ1) is 7.20. The molecule has 15 heavy (non-hydrogen) atoms. The van der Waals surface area contributed by atoms with E-state index in [2.05, 4.69) is 29.2 Å². The Morgan fingerprint density at radius 1 is 1.67 bits per heavy atom. The molecule has 84 valence electrons. The summed E-state index contributed by atoms with van der Waals surface area (Å²) >= 11 is 1.86. The Labute approximate surface area is 95.5 Å². The average Bonchev–Trinajstić information content (AvgIpc) is 2.84. The highest BCUT2D eigenvalue weighted by Crippen LogP contribution is 2.31. The monoisotopic (exact) mass is 225 g/mol. The van der Waals surface area contributed by atoms with Gasteiger partial charge in [0, 0.05) is 29.6 Å². The standard InChI is InChI=1S/C11H19N3S/c1-8(12-2)10-6-13-11(15-10)9-4-5-14(3)7-9/h6,8-9,12H,4-5,7H2,1-3H3. The number of aromatic nitrogens is 1. The molecular formula is C11H19N3S. The maximum atomic E-state index is 4.55. The number of thiazole rings is 1. The van der Waals surface area contributed by atoms with Crippen LogP contribution in [0.2, 0.25) is 0 Å². The van der Waals surface area contributed by atoms with Gasteiger partial charge in [-0.3, -0.25) is 0 Å². The molecule has 1 aromatic heterocycles. The van der Waals surface area contributed by atoms with E-state index in [1.165, 1.54) is 29.4 Å². The van der Waals surface area contributed by atoms with Crippen LogP contribution in [0, 0.1) is 0 Å². The summed E-state index contributed by atoms with van der Waals surface area (Å²) in [6.45, 7) is 4.56. The van der Waals surface area contributed by atoms with Crippen LogP contribution in [0.5, 0.6) is 0 Å². The highest BCUT2D eigenvalue weighted by molar-refractivity contribution is 7.11. The summed E-state index contributed by atoms with van der Waals surface area (Å²) in [6, 6.07) is 0.426. The molecule has 2 atom stereocenters. The second-order valence-corrected chi connectivity index (χ2v) is 5.45. The first kappa shape index (κ1) is 11.0. The molecule has 1 aliphatic rings. The molecular weight excluding hydrogens is 206 g/mol. The Hall–Kier alpha value is -0.450. The molecule has 2 rings (SSSR count). The topological polar surface area (TPSA) is 28.2 Å². The van der Waals surface area contributed by atoms with Crippen molar-refractivity contribution in [2.45, 2.75) is 25.3 Å². The smallest absolute Gasteiger partial charge is 0.0972 e. The third-order valence-corrected chi connectivity index (χ3v) is 4.48. The van der Waals surface area contributed by atoms with Gasteiger partial charge in [-0.15, -0.1) is 11.3 Å². The Balaban J connectivity index is 2.07. The van der Waals surface area contributed by atoms with Crippen molar-refractivity contribution in [3.05, 3.63) is 16.1 Å². The Bertz CT molecular complexity index is 323. The first-order valence-corrected chi connectivity index (χ1v) is 6.33. The third-order valence-electron chi connectivity index (χ3n) is 3.14. The van der Waals surface area contributed by atoms with Crippen molar-refractivity contribution in [3.63, 3.8) is 0 Å². The zero-order valence-corrected chi connectivity index (χ0v) is 10.5. The van der Waals surface area contributed by atoms with Gasteiger partial charge in [-0.2, -0.15) is 0 Å². The van der Waals surface area contributed by atoms with Gasteiger partial charge >= 0.3 is 0 Å². The highest BCUT2D eigenvalue weighted by Gasteiger charge is 2.24. The van der Waals surface area contributed by atoms with Crippen molar-refractivity contribution in [1.29, 1.82) is 0 Å². The highest BCUT2D eigenvalue weighted by atomic mass is 32.1. The van der Waals surface area contributed by atoms with E-state index in [1.807, 2.05) is 24.6 Å². The normalized spacial score (nSPS) is 24.6. The van der Waals surface area contributed by atoms with Gasteiger partial charge in [0.25, 0.3) is 0 Å². The average molecular weight is 225 g/mol. The Kier molecular flexibility index (Phi) is 3.38. The van der Waals surface area contributed by atoms with Gasteiger partial charge in [-0.25, -0.2) is 4.98 Å². The number of likely N-dealkylation sites (N-methyl/N-ethyl adjacent to an activating group) is 1. The summed E-state index contributed by atoms with van der Waals surface area (Å²) in [6.07, 6.45) is 3.29. The minimum Gasteiger partial charge on any atom is -0.312 e. The predicted octanol–water partition coefficient (Wildman–Crippen LogP) is 1.84. The van der Waals surface area contributed by atoms with Crippen molar-refractivity contribution in [2.75, 3.05) is 27.2 Å². The van der Waals surface area contributed by atoms with Crippen LogP contribution in [-0.2, 0) is 0 Å². The largest absolute Gasteiger partial charge is 0.312 e. The summed E-state index contributed by atoms with van der Waals surface area (Å²) in [7, 11) is 4.18. The molecule has 1 aromatic rings. The fourth-order valence-electron chi connectivity index (χ4n) is 1.97. The van der Waals surface area contributed by atoms with Gasteiger partial charge in [-0.05, 0) is 34.0 Å². The quantitative estimate of drug-likeness (QED) is 0.851. The van der Waals surface area contributed by atoms with Crippen molar-refractivity contribution in [1.82, 2.24) is 15.2 Å². The molecule has 1 aliphatic heterocycles. The maximum Gasteiger partial charge on any atom is 0.0972 e. The zero-order valence-electron chi connectivity index (χ0n) is 9.66. The molecule has 0 bridgehead atoms. The van der Waals surface area contributed by atoms with Gasteiger partial charge in [0.1, 0.15) is 0 Å². The molecule has 3 nitrogen and oxygen atoms in total. The van der Waals surface area contributed by atoms with Gasteiger partial charge in [0.15, 0.2) is 0 Å². The molecule has 2 heterocycles. The maximum absolute atomic E-state index is 4.55. The third kappa shape index (κ3) is 2.38. The lowest BCUT2D eigenvalue weighted by molar-refractivity contribution is 0.411. The minimum atomic E-state index is 0.426. The van der Waals surface area contributed by atoms with E-state index in [-0.39, 0.29) is 0 Å². The molecule has 2 unspecified atom stereocenters. The lowest BCUT2D eigenvalue weighted by Gasteiger charge is -2.07. The molecule has 0 saturated carbocycles. The summed E-state index contributed by atoms with van der Waals surface area (Å²) in [5.41, 5.74) is 0. The molecule has 4 heteroatoms. The van der Waals surface area contributed by atoms with E-state index < -0.39 is 0 Å². The van der Waals surface area contributed by atoms with E-state index in [0.717, 1.165) is 0 Å². The van der Waals surface area contributed by atoms with Gasteiger partial charge in [0.2, 0.25) is 0 Å². The van der Waals surface area contributed by atoms with E-state index in [0.29, 0.717) is 12.0 Å². The molecule has 1 N–H and O–H groups in total. The second kappa shape index (κ2) is 4.60. The Morgan fingerprint density at radius 2 is 2.47 bits per heavy atom. The van der Waals surface area contributed by atoms with Crippen molar-refractivity contribution in [3.8, 4) is 0 Å². The van der Waals surface area contributed by atoms with E-state index in [1.54, 1.807) is 0 Å². The fraction of sp³-hybridized carbons (Fsp3) is 0.727. The number of rotatable bonds is 3. The first-order valence-electron chi connectivity index (χ1n) is 5.52. The summed E-state index contributed by atoms with van der Waals surface area (Å²) in [5, 5.41) is 4.57. The summed E-state index contributed by atoms with van der Waals surface area (Å²) in [4.78, 5) is 8.28. The molecule has 0 aliphatic carbocycles. The van der Waals surface area contributed by atoms with E-state index in [9.17, 15) is 0 Å². The SMILES string of the molecule is CNC(C)c1cnc(C2CCN(C)C2)s1. The van der Waals surface area contributed by atoms with Crippen LogP contribution >= 0.6 is 11.3 Å².